The molecule has 1 amide bonds. The summed E-state index contributed by atoms with van der Waals surface area (Å²) in [5.74, 6) is 1.04. The van der Waals surface area contributed by atoms with Crippen LogP contribution in [-0.2, 0) is 14.3 Å². The molecule has 3 rings (SSSR count). The maximum absolute atomic E-state index is 12.1. The Balaban J connectivity index is 1.78. The van der Waals surface area contributed by atoms with E-state index in [0.29, 0.717) is 22.5 Å². The van der Waals surface area contributed by atoms with Crippen LogP contribution in [0.25, 0.3) is 17.3 Å². The summed E-state index contributed by atoms with van der Waals surface area (Å²) in [5, 5.41) is 11.4. The predicted octanol–water partition coefficient (Wildman–Crippen LogP) is 2.31. The summed E-state index contributed by atoms with van der Waals surface area (Å²) in [5.41, 5.74) is 0.789. The number of nitrogens with zero attached hydrogens (tertiary/aromatic N) is 3. The molecule has 0 spiro atoms. The topological polar surface area (TPSA) is 108 Å². The van der Waals surface area contributed by atoms with Gasteiger partial charge in [0.25, 0.3) is 0 Å². The van der Waals surface area contributed by atoms with Crippen molar-refractivity contribution in [2.24, 2.45) is 0 Å². The quantitative estimate of drug-likeness (QED) is 0.418. The van der Waals surface area contributed by atoms with Crippen molar-refractivity contribution >= 4 is 23.6 Å². The van der Waals surface area contributed by atoms with Crippen molar-refractivity contribution < 1.29 is 23.5 Å². The normalized spacial score (nSPS) is 10.6. The van der Waals surface area contributed by atoms with Gasteiger partial charge in [-0.1, -0.05) is 11.8 Å². The maximum Gasteiger partial charge on any atom is 0.325 e. The number of amides is 1. The lowest BCUT2D eigenvalue weighted by atomic mass is 10.3. The number of thioether (sulfide) groups is 1. The van der Waals surface area contributed by atoms with Crippen molar-refractivity contribution in [2.45, 2.75) is 12.1 Å². The van der Waals surface area contributed by atoms with Crippen LogP contribution >= 0.6 is 11.8 Å². The van der Waals surface area contributed by atoms with Gasteiger partial charge in [-0.2, -0.15) is 0 Å². The van der Waals surface area contributed by atoms with E-state index in [9.17, 15) is 9.59 Å². The molecule has 29 heavy (non-hydrogen) atoms. The van der Waals surface area contributed by atoms with Gasteiger partial charge in [0.05, 0.1) is 31.4 Å². The molecule has 0 unspecified atom stereocenters. The number of furan rings is 1. The maximum atomic E-state index is 12.1. The van der Waals surface area contributed by atoms with Crippen molar-refractivity contribution in [1.29, 1.82) is 0 Å². The zero-order valence-electron chi connectivity index (χ0n) is 16.0. The molecule has 2 aromatic heterocycles. The Labute approximate surface area is 171 Å². The van der Waals surface area contributed by atoms with Gasteiger partial charge in [0.1, 0.15) is 12.3 Å². The minimum Gasteiger partial charge on any atom is -0.497 e. The lowest BCUT2D eigenvalue weighted by molar-refractivity contribution is -0.143. The van der Waals surface area contributed by atoms with Crippen LogP contribution in [0.4, 0.5) is 0 Å². The van der Waals surface area contributed by atoms with Crippen LogP contribution in [0.15, 0.2) is 52.2 Å². The lowest BCUT2D eigenvalue weighted by Gasteiger charge is -2.10. The van der Waals surface area contributed by atoms with E-state index >= 15 is 0 Å². The van der Waals surface area contributed by atoms with Gasteiger partial charge < -0.3 is 19.2 Å². The average Bonchev–Trinajstić information content (AvgIpc) is 3.40. The number of ether oxygens (including phenoxy) is 2. The first-order valence-corrected chi connectivity index (χ1v) is 9.79. The third-order valence-corrected chi connectivity index (χ3v) is 4.70. The van der Waals surface area contributed by atoms with E-state index < -0.39 is 5.97 Å². The Morgan fingerprint density at radius 3 is 2.66 bits per heavy atom. The van der Waals surface area contributed by atoms with Crippen molar-refractivity contribution in [2.75, 3.05) is 26.0 Å². The number of esters is 1. The summed E-state index contributed by atoms with van der Waals surface area (Å²) in [4.78, 5) is 23.4. The fourth-order valence-electron chi connectivity index (χ4n) is 2.46. The summed E-state index contributed by atoms with van der Waals surface area (Å²) < 4.78 is 17.3. The van der Waals surface area contributed by atoms with Gasteiger partial charge in [-0.15, -0.1) is 10.2 Å². The highest BCUT2D eigenvalue weighted by Crippen LogP contribution is 2.29. The Morgan fingerprint density at radius 2 is 2.00 bits per heavy atom. The smallest absolute Gasteiger partial charge is 0.325 e. The van der Waals surface area contributed by atoms with Crippen molar-refractivity contribution in [3.63, 3.8) is 0 Å². The zero-order chi connectivity index (χ0) is 20.6. The second-order valence-electron chi connectivity index (χ2n) is 5.69. The molecule has 0 saturated heterocycles. The highest BCUT2D eigenvalue weighted by molar-refractivity contribution is 7.99. The van der Waals surface area contributed by atoms with Gasteiger partial charge in [-0.05, 0) is 43.3 Å². The first-order valence-electron chi connectivity index (χ1n) is 8.81. The summed E-state index contributed by atoms with van der Waals surface area (Å²) in [7, 11) is 1.60. The van der Waals surface area contributed by atoms with Crippen LogP contribution in [0.3, 0.4) is 0 Å². The standard InChI is InChI=1S/C19H20N4O5S/c1-3-27-17(25)11-20-16(24)12-29-19-22-21-18(15-5-4-10-28-15)23(19)13-6-8-14(26-2)9-7-13/h4-10H,3,11-12H2,1-2H3,(H,20,24). The number of carbonyl (C=O) groups excluding carboxylic acids is 2. The molecule has 1 aromatic carbocycles. The van der Waals surface area contributed by atoms with Crippen molar-refractivity contribution in [1.82, 2.24) is 20.1 Å². The number of nitrogens with one attached hydrogen (secondary N) is 1. The van der Waals surface area contributed by atoms with Crippen molar-refractivity contribution in [3.8, 4) is 23.0 Å². The molecule has 9 nitrogen and oxygen atoms in total. The third-order valence-electron chi connectivity index (χ3n) is 3.77. The summed E-state index contributed by atoms with van der Waals surface area (Å²) in [6.07, 6.45) is 1.55. The van der Waals surface area contributed by atoms with Crippen LogP contribution < -0.4 is 10.1 Å². The van der Waals surface area contributed by atoms with Crippen LogP contribution in [0.5, 0.6) is 5.75 Å². The van der Waals surface area contributed by atoms with Gasteiger partial charge >= 0.3 is 5.97 Å². The van der Waals surface area contributed by atoms with Crippen LogP contribution in [0.2, 0.25) is 0 Å². The Morgan fingerprint density at radius 1 is 1.21 bits per heavy atom. The largest absolute Gasteiger partial charge is 0.497 e. The highest BCUT2D eigenvalue weighted by Gasteiger charge is 2.19. The Bertz CT molecular complexity index is 954. The van der Waals surface area contributed by atoms with Gasteiger partial charge in [0, 0.05) is 0 Å². The van der Waals surface area contributed by atoms with Crippen LogP contribution in [0, 0.1) is 0 Å². The van der Waals surface area contributed by atoms with E-state index in [0.717, 1.165) is 5.69 Å². The van der Waals surface area contributed by atoms with Gasteiger partial charge in [0.2, 0.25) is 11.7 Å². The minimum absolute atomic E-state index is 0.0614. The fraction of sp³-hybridized carbons (Fsp3) is 0.263. The highest BCUT2D eigenvalue weighted by atomic mass is 32.2. The van der Waals surface area contributed by atoms with Gasteiger partial charge in [-0.25, -0.2) is 0 Å². The summed E-state index contributed by atoms with van der Waals surface area (Å²) >= 11 is 1.20. The molecule has 152 valence electrons. The molecule has 3 aromatic rings. The molecule has 0 radical (unpaired) electrons. The summed E-state index contributed by atoms with van der Waals surface area (Å²) in [6.45, 7) is 1.80. The number of hydrogen-bond acceptors (Lipinski definition) is 8. The van der Waals surface area contributed by atoms with E-state index in [-0.39, 0.29) is 24.8 Å². The van der Waals surface area contributed by atoms with E-state index in [1.54, 1.807) is 37.0 Å². The molecule has 0 bridgehead atoms. The zero-order valence-corrected chi connectivity index (χ0v) is 16.8. The van der Waals surface area contributed by atoms with E-state index in [2.05, 4.69) is 15.5 Å². The second kappa shape index (κ2) is 9.78. The molecule has 0 saturated carbocycles. The predicted molar refractivity (Wildman–Crippen MR) is 106 cm³/mol. The van der Waals surface area contributed by atoms with Crippen LogP contribution in [-0.4, -0.2) is 52.7 Å². The number of rotatable bonds is 9. The molecule has 1 N–H and O–H groups in total. The molecule has 0 fully saturated rings. The molecular formula is C19H20N4O5S. The molecule has 10 heteroatoms. The van der Waals surface area contributed by atoms with E-state index in [1.165, 1.54) is 11.8 Å². The minimum atomic E-state index is -0.479. The number of benzene rings is 1. The Kier molecular flexibility index (Phi) is 6.90. The van der Waals surface area contributed by atoms with Gasteiger partial charge in [0.15, 0.2) is 10.9 Å². The molecule has 2 heterocycles. The number of carbonyl (C=O) groups is 2. The monoisotopic (exact) mass is 416 g/mol. The fourth-order valence-corrected chi connectivity index (χ4v) is 3.24. The summed E-state index contributed by atoms with van der Waals surface area (Å²) in [6, 6.07) is 10.9. The number of methoxy groups -OCH3 is 1. The average molecular weight is 416 g/mol. The molecular weight excluding hydrogens is 396 g/mol. The number of aromatic nitrogens is 3. The third kappa shape index (κ3) is 5.17. The van der Waals surface area contributed by atoms with Crippen molar-refractivity contribution in [3.05, 3.63) is 42.7 Å². The molecule has 0 aliphatic rings. The van der Waals surface area contributed by atoms with Gasteiger partial charge in [-0.3, -0.25) is 14.2 Å². The Hall–Kier alpha value is -3.27. The lowest BCUT2D eigenvalue weighted by Crippen LogP contribution is -2.31. The SMILES string of the molecule is CCOC(=O)CNC(=O)CSc1nnc(-c2ccco2)n1-c1ccc(OC)cc1. The molecule has 0 aliphatic heterocycles. The first kappa shape index (κ1) is 20.5. The number of hydrogen-bond donors (Lipinski definition) is 1. The molecule has 0 atom stereocenters. The first-order chi connectivity index (χ1) is 14.1. The van der Waals surface area contributed by atoms with E-state index in [1.807, 2.05) is 24.3 Å². The second-order valence-corrected chi connectivity index (χ2v) is 6.63. The van der Waals surface area contributed by atoms with Crippen LogP contribution in [0.1, 0.15) is 6.92 Å². The van der Waals surface area contributed by atoms with E-state index in [4.69, 9.17) is 13.9 Å². The molecule has 0 aliphatic carbocycles.